The summed E-state index contributed by atoms with van der Waals surface area (Å²) in [6.45, 7) is 4.04. The molecule has 1 heterocycles. The number of aryl methyl sites for hydroxylation is 1. The van der Waals surface area contributed by atoms with Crippen LogP contribution in [-0.4, -0.2) is 12.1 Å². The van der Waals surface area contributed by atoms with Crippen LogP contribution in [0, 0.1) is 41.4 Å². The fourth-order valence-electron chi connectivity index (χ4n) is 6.27. The predicted octanol–water partition coefficient (Wildman–Crippen LogP) is 6.91. The molecule has 0 radical (unpaired) electrons. The molecule has 2 aromatic rings. The number of para-hydroxylation sites is 1. The first kappa shape index (κ1) is 22.0. The lowest BCUT2D eigenvalue weighted by molar-refractivity contribution is 0.446. The van der Waals surface area contributed by atoms with Gasteiger partial charge < -0.3 is 4.90 Å². The second-order valence-corrected chi connectivity index (χ2v) is 9.61. The van der Waals surface area contributed by atoms with E-state index < -0.39 is 0 Å². The van der Waals surface area contributed by atoms with E-state index in [9.17, 15) is 10.5 Å². The minimum atomic E-state index is 0.160. The summed E-state index contributed by atoms with van der Waals surface area (Å²) in [7, 11) is 0. The van der Waals surface area contributed by atoms with Gasteiger partial charge in [-0.3, -0.25) is 0 Å². The Bertz CT molecular complexity index is 1280. The molecule has 3 heteroatoms. The quantitative estimate of drug-likeness (QED) is 0.381. The topological polar surface area (TPSA) is 50.8 Å². The summed E-state index contributed by atoms with van der Waals surface area (Å²) in [4.78, 5) is 2.64. The maximum absolute atomic E-state index is 9.67. The summed E-state index contributed by atoms with van der Waals surface area (Å²) in [6, 6.07) is 24.0. The zero-order valence-electron chi connectivity index (χ0n) is 19.8. The summed E-state index contributed by atoms with van der Waals surface area (Å²) < 4.78 is 0. The Morgan fingerprint density at radius 1 is 1.00 bits per heavy atom. The van der Waals surface area contributed by atoms with E-state index in [-0.39, 0.29) is 5.57 Å². The van der Waals surface area contributed by atoms with Crippen LogP contribution in [0.1, 0.15) is 37.3 Å². The fourth-order valence-corrected chi connectivity index (χ4v) is 6.27. The van der Waals surface area contributed by atoms with Gasteiger partial charge in [-0.2, -0.15) is 10.5 Å². The Balaban J connectivity index is 1.52. The van der Waals surface area contributed by atoms with Gasteiger partial charge in [0.05, 0.1) is 6.04 Å². The number of fused-ring (bicyclic) bond motifs is 3. The van der Waals surface area contributed by atoms with Crippen molar-refractivity contribution >= 4 is 11.3 Å². The zero-order valence-corrected chi connectivity index (χ0v) is 19.8. The van der Waals surface area contributed by atoms with Crippen molar-refractivity contribution < 1.29 is 0 Å². The summed E-state index contributed by atoms with van der Waals surface area (Å²) in [5.41, 5.74) is 6.33. The molecule has 0 amide bonds. The van der Waals surface area contributed by atoms with E-state index in [1.54, 1.807) is 0 Å². The van der Waals surface area contributed by atoms with E-state index >= 15 is 0 Å². The van der Waals surface area contributed by atoms with Crippen molar-refractivity contribution in [1.29, 1.82) is 10.5 Å². The lowest BCUT2D eigenvalue weighted by atomic mass is 9.82. The van der Waals surface area contributed by atoms with Crippen molar-refractivity contribution in [3.8, 4) is 12.1 Å². The molecular weight excluding hydrogens is 414 g/mol. The van der Waals surface area contributed by atoms with Gasteiger partial charge in [-0.05, 0) is 67.0 Å². The van der Waals surface area contributed by atoms with E-state index in [1.165, 1.54) is 30.5 Å². The summed E-state index contributed by atoms with van der Waals surface area (Å²) >= 11 is 0. The average molecular weight is 444 g/mol. The Hall–Kier alpha value is -3.82. The molecular formula is C31H29N3. The van der Waals surface area contributed by atoms with Crippen LogP contribution in [0.4, 0.5) is 5.69 Å². The highest BCUT2D eigenvalue weighted by molar-refractivity contribution is 5.87. The minimum Gasteiger partial charge on any atom is -0.361 e. The Morgan fingerprint density at radius 3 is 2.47 bits per heavy atom. The smallest absolute Gasteiger partial charge is 0.137 e. The summed E-state index contributed by atoms with van der Waals surface area (Å²) in [5, 5.41) is 19.3. The molecule has 0 N–H and O–H groups in total. The van der Waals surface area contributed by atoms with Gasteiger partial charge in [0.2, 0.25) is 0 Å². The molecule has 3 aliphatic rings. The second kappa shape index (κ2) is 9.20. The zero-order chi connectivity index (χ0) is 23.7. The number of rotatable bonds is 4. The number of nitriles is 2. The van der Waals surface area contributed by atoms with E-state index in [1.807, 2.05) is 38.1 Å². The number of nitrogens with zero attached hydrogens (tertiary/aromatic N) is 3. The molecule has 0 bridgehead atoms. The molecule has 4 unspecified atom stereocenters. The summed E-state index contributed by atoms with van der Waals surface area (Å²) in [5.74, 6) is 1.15. The highest BCUT2D eigenvalue weighted by Crippen LogP contribution is 2.49. The molecule has 2 aliphatic carbocycles. The average Bonchev–Trinajstić information content (AvgIpc) is 3.44. The Labute approximate surface area is 202 Å². The van der Waals surface area contributed by atoms with Crippen LogP contribution in [0.25, 0.3) is 5.57 Å². The lowest BCUT2D eigenvalue weighted by Gasteiger charge is -2.32. The van der Waals surface area contributed by atoms with Crippen LogP contribution in [0.15, 0.2) is 95.6 Å². The van der Waals surface area contributed by atoms with Gasteiger partial charge in [0.1, 0.15) is 17.7 Å². The first-order valence-electron chi connectivity index (χ1n) is 12.1. The highest BCUT2D eigenvalue weighted by atomic mass is 15.2. The van der Waals surface area contributed by atoms with Gasteiger partial charge >= 0.3 is 0 Å². The van der Waals surface area contributed by atoms with Crippen LogP contribution in [0.5, 0.6) is 0 Å². The van der Waals surface area contributed by atoms with Crippen LogP contribution < -0.4 is 4.90 Å². The molecule has 0 aromatic heterocycles. The molecule has 5 rings (SSSR count). The molecule has 1 saturated carbocycles. The maximum atomic E-state index is 9.67. The molecule has 0 spiro atoms. The monoisotopic (exact) mass is 443 g/mol. The van der Waals surface area contributed by atoms with Crippen molar-refractivity contribution in [2.24, 2.45) is 11.8 Å². The van der Waals surface area contributed by atoms with Crippen molar-refractivity contribution in [3.05, 3.63) is 107 Å². The molecule has 2 aromatic carbocycles. The first-order chi connectivity index (χ1) is 16.6. The van der Waals surface area contributed by atoms with Gasteiger partial charge in [0.25, 0.3) is 0 Å². The largest absolute Gasteiger partial charge is 0.361 e. The Morgan fingerprint density at radius 2 is 1.74 bits per heavy atom. The second-order valence-electron chi connectivity index (χ2n) is 9.61. The van der Waals surface area contributed by atoms with Crippen molar-refractivity contribution in [2.45, 2.75) is 45.2 Å². The number of anilines is 1. The number of hydrogen-bond acceptors (Lipinski definition) is 3. The van der Waals surface area contributed by atoms with Crippen molar-refractivity contribution in [3.63, 3.8) is 0 Å². The third-order valence-electron chi connectivity index (χ3n) is 7.69. The van der Waals surface area contributed by atoms with E-state index in [0.717, 1.165) is 22.3 Å². The molecule has 168 valence electrons. The summed E-state index contributed by atoms with van der Waals surface area (Å²) in [6.07, 6.45) is 13.0. The van der Waals surface area contributed by atoms with Crippen LogP contribution >= 0.6 is 0 Å². The molecule has 1 saturated heterocycles. The molecule has 2 fully saturated rings. The number of hydrogen-bond donors (Lipinski definition) is 0. The van der Waals surface area contributed by atoms with Crippen LogP contribution in [0.3, 0.4) is 0 Å². The van der Waals surface area contributed by atoms with E-state index in [4.69, 9.17) is 0 Å². The number of benzene rings is 2. The first-order valence-corrected chi connectivity index (χ1v) is 12.1. The fraction of sp³-hybridized carbons (Fsp3) is 0.290. The maximum Gasteiger partial charge on any atom is 0.137 e. The highest BCUT2D eigenvalue weighted by Gasteiger charge is 2.49. The van der Waals surface area contributed by atoms with Crippen LogP contribution in [0.2, 0.25) is 0 Å². The van der Waals surface area contributed by atoms with Crippen LogP contribution in [-0.2, 0) is 0 Å². The normalized spacial score (nSPS) is 25.1. The predicted molar refractivity (Wildman–Crippen MR) is 138 cm³/mol. The Kier molecular flexibility index (Phi) is 5.95. The van der Waals surface area contributed by atoms with E-state index in [0.29, 0.717) is 23.9 Å². The van der Waals surface area contributed by atoms with E-state index in [2.05, 4.69) is 71.7 Å². The third kappa shape index (κ3) is 3.78. The van der Waals surface area contributed by atoms with Gasteiger partial charge in [-0.15, -0.1) is 0 Å². The van der Waals surface area contributed by atoms with Crippen molar-refractivity contribution in [2.75, 3.05) is 4.90 Å². The molecule has 3 nitrogen and oxygen atoms in total. The van der Waals surface area contributed by atoms with Gasteiger partial charge in [-0.1, -0.05) is 73.2 Å². The molecule has 4 atom stereocenters. The SMILES string of the molecule is CC(=CC1=CC2C3CCCC3N(c3ccccc3)C2C=C1)C(=C(C#N)C#N)c1ccccc1C. The minimum absolute atomic E-state index is 0.160. The third-order valence-corrected chi connectivity index (χ3v) is 7.69. The number of allylic oxidation sites excluding steroid dienone is 6. The standard InChI is InChI=1S/C31H29N3/c1-21-9-6-7-12-26(21)31(24(19-32)20-33)22(2)17-23-15-16-30-28(18-23)27-13-8-14-29(27)34(30)25-10-4-3-5-11-25/h3-7,9-12,15-18,27-30H,8,13-14H2,1-2H3. The van der Waals surface area contributed by atoms with Gasteiger partial charge in [-0.25, -0.2) is 0 Å². The van der Waals surface area contributed by atoms with Gasteiger partial charge in [0.15, 0.2) is 0 Å². The molecule has 1 aliphatic heterocycles. The molecule has 34 heavy (non-hydrogen) atoms. The van der Waals surface area contributed by atoms with Gasteiger partial charge in [0, 0.05) is 23.2 Å². The lowest BCUT2D eigenvalue weighted by Crippen LogP contribution is -2.36. The van der Waals surface area contributed by atoms with Crippen molar-refractivity contribution in [1.82, 2.24) is 0 Å².